The molecule has 2 nitrogen and oxygen atoms in total. The molecule has 0 bridgehead atoms. The smallest absolute Gasteiger partial charge is 0.128 e. The number of benzene rings is 3. The normalized spacial score (nSPS) is 10.6. The highest BCUT2D eigenvalue weighted by Gasteiger charge is 2.14. The Morgan fingerprint density at radius 1 is 0.875 bits per heavy atom. The predicted molar refractivity (Wildman–Crippen MR) is 99.4 cm³/mol. The van der Waals surface area contributed by atoms with Crippen LogP contribution in [0.2, 0.25) is 0 Å². The standard InChI is InChI=1S/C22H21NO/c1-4-15-6-9-17(10-7-15)22-18(14-23)13-21(24-3)20-12-16(5-2)8-11-19(20)22/h6-13H,4-5H2,1-3H3. The Morgan fingerprint density at radius 2 is 1.54 bits per heavy atom. The van der Waals surface area contributed by atoms with E-state index in [9.17, 15) is 5.26 Å². The van der Waals surface area contributed by atoms with E-state index in [2.05, 4.69) is 62.4 Å². The first-order chi connectivity index (χ1) is 11.7. The molecule has 0 saturated heterocycles. The third-order valence-electron chi connectivity index (χ3n) is 4.56. The van der Waals surface area contributed by atoms with Crippen molar-refractivity contribution in [2.75, 3.05) is 7.11 Å². The molecule has 0 aliphatic heterocycles. The summed E-state index contributed by atoms with van der Waals surface area (Å²) in [7, 11) is 1.66. The molecule has 2 heteroatoms. The second kappa shape index (κ2) is 6.76. The zero-order valence-corrected chi connectivity index (χ0v) is 14.4. The summed E-state index contributed by atoms with van der Waals surface area (Å²) >= 11 is 0. The van der Waals surface area contributed by atoms with Crippen LogP contribution in [0.25, 0.3) is 21.9 Å². The van der Waals surface area contributed by atoms with Crippen molar-refractivity contribution in [1.29, 1.82) is 5.26 Å². The van der Waals surface area contributed by atoms with Gasteiger partial charge in [-0.25, -0.2) is 0 Å². The molecule has 3 rings (SSSR count). The molecule has 0 aliphatic rings. The Labute approximate surface area is 143 Å². The maximum atomic E-state index is 9.66. The van der Waals surface area contributed by atoms with Crippen molar-refractivity contribution in [2.24, 2.45) is 0 Å². The van der Waals surface area contributed by atoms with E-state index >= 15 is 0 Å². The topological polar surface area (TPSA) is 33.0 Å². The van der Waals surface area contributed by atoms with Crippen LogP contribution in [0.4, 0.5) is 0 Å². The Bertz CT molecular complexity index is 917. The molecule has 0 unspecified atom stereocenters. The van der Waals surface area contributed by atoms with E-state index < -0.39 is 0 Å². The molecule has 0 aromatic heterocycles. The molecule has 0 saturated carbocycles. The van der Waals surface area contributed by atoms with E-state index in [1.54, 1.807) is 7.11 Å². The SMILES string of the molecule is CCc1ccc(-c2c(C#N)cc(OC)c3cc(CC)ccc23)cc1. The minimum atomic E-state index is 0.646. The summed E-state index contributed by atoms with van der Waals surface area (Å²) in [5.74, 6) is 0.755. The lowest BCUT2D eigenvalue weighted by molar-refractivity contribution is 0.419. The van der Waals surface area contributed by atoms with Crippen LogP contribution in [0.15, 0.2) is 48.5 Å². The summed E-state index contributed by atoms with van der Waals surface area (Å²) < 4.78 is 5.55. The summed E-state index contributed by atoms with van der Waals surface area (Å²) in [5.41, 5.74) is 5.26. The van der Waals surface area contributed by atoms with Gasteiger partial charge in [0, 0.05) is 10.9 Å². The van der Waals surface area contributed by atoms with Gasteiger partial charge in [0.05, 0.1) is 18.7 Å². The van der Waals surface area contributed by atoms with Gasteiger partial charge in [-0.2, -0.15) is 5.26 Å². The second-order valence-corrected chi connectivity index (χ2v) is 5.90. The Morgan fingerprint density at radius 3 is 2.12 bits per heavy atom. The number of ether oxygens (including phenoxy) is 1. The molecule has 0 spiro atoms. The maximum Gasteiger partial charge on any atom is 0.128 e. The fourth-order valence-corrected chi connectivity index (χ4v) is 3.13. The second-order valence-electron chi connectivity index (χ2n) is 5.90. The van der Waals surface area contributed by atoms with Crippen LogP contribution in [0.1, 0.15) is 30.5 Å². The Kier molecular flexibility index (Phi) is 4.53. The summed E-state index contributed by atoms with van der Waals surface area (Å²) in [5, 5.41) is 11.8. The highest BCUT2D eigenvalue weighted by molar-refractivity contribution is 6.03. The molecular weight excluding hydrogens is 294 g/mol. The number of nitriles is 1. The van der Waals surface area contributed by atoms with E-state index in [0.29, 0.717) is 5.56 Å². The number of methoxy groups -OCH3 is 1. The van der Waals surface area contributed by atoms with Crippen LogP contribution in [0.5, 0.6) is 5.75 Å². The van der Waals surface area contributed by atoms with Crippen LogP contribution in [0.3, 0.4) is 0 Å². The van der Waals surface area contributed by atoms with Gasteiger partial charge in [-0.3, -0.25) is 0 Å². The van der Waals surface area contributed by atoms with Gasteiger partial charge in [-0.1, -0.05) is 50.2 Å². The summed E-state index contributed by atoms with van der Waals surface area (Å²) in [6.07, 6.45) is 1.98. The number of rotatable bonds is 4. The first-order valence-corrected chi connectivity index (χ1v) is 8.34. The van der Waals surface area contributed by atoms with Crippen LogP contribution in [0, 0.1) is 11.3 Å². The largest absolute Gasteiger partial charge is 0.496 e. The van der Waals surface area contributed by atoms with Crippen LogP contribution < -0.4 is 4.74 Å². The molecule has 0 amide bonds. The molecule has 0 N–H and O–H groups in total. The highest BCUT2D eigenvalue weighted by atomic mass is 16.5. The lowest BCUT2D eigenvalue weighted by Crippen LogP contribution is -1.94. The average Bonchev–Trinajstić information content (AvgIpc) is 2.66. The van der Waals surface area contributed by atoms with E-state index in [1.165, 1.54) is 11.1 Å². The van der Waals surface area contributed by atoms with Crippen LogP contribution in [-0.4, -0.2) is 7.11 Å². The van der Waals surface area contributed by atoms with Gasteiger partial charge in [0.2, 0.25) is 0 Å². The first kappa shape index (κ1) is 16.1. The zero-order valence-electron chi connectivity index (χ0n) is 14.4. The van der Waals surface area contributed by atoms with Gasteiger partial charge in [0.1, 0.15) is 5.75 Å². The van der Waals surface area contributed by atoms with Crippen LogP contribution in [-0.2, 0) is 12.8 Å². The molecular formula is C22H21NO. The molecule has 120 valence electrons. The number of hydrogen-bond donors (Lipinski definition) is 0. The molecule has 0 heterocycles. The molecule has 0 radical (unpaired) electrons. The Balaban J connectivity index is 2.34. The van der Waals surface area contributed by atoms with Crippen molar-refractivity contribution >= 4 is 10.8 Å². The van der Waals surface area contributed by atoms with E-state index in [-0.39, 0.29) is 0 Å². The van der Waals surface area contributed by atoms with Gasteiger partial charge < -0.3 is 4.74 Å². The van der Waals surface area contributed by atoms with E-state index in [1.807, 2.05) is 6.07 Å². The van der Waals surface area contributed by atoms with Crippen molar-refractivity contribution in [3.63, 3.8) is 0 Å². The Hall–Kier alpha value is -2.79. The summed E-state index contributed by atoms with van der Waals surface area (Å²) in [6.45, 7) is 4.28. The molecule has 24 heavy (non-hydrogen) atoms. The van der Waals surface area contributed by atoms with Gasteiger partial charge in [-0.05, 0) is 47.1 Å². The molecule has 3 aromatic rings. The van der Waals surface area contributed by atoms with E-state index in [0.717, 1.165) is 40.5 Å². The van der Waals surface area contributed by atoms with Gasteiger partial charge in [-0.15, -0.1) is 0 Å². The molecule has 0 aliphatic carbocycles. The van der Waals surface area contributed by atoms with Crippen LogP contribution >= 0.6 is 0 Å². The van der Waals surface area contributed by atoms with Crippen molar-refractivity contribution in [1.82, 2.24) is 0 Å². The number of aryl methyl sites for hydroxylation is 2. The van der Waals surface area contributed by atoms with Crippen molar-refractivity contribution < 1.29 is 4.74 Å². The lowest BCUT2D eigenvalue weighted by Gasteiger charge is -2.14. The molecule has 0 fully saturated rings. The van der Waals surface area contributed by atoms with Crippen molar-refractivity contribution in [2.45, 2.75) is 26.7 Å². The first-order valence-electron chi connectivity index (χ1n) is 8.34. The van der Waals surface area contributed by atoms with Crippen molar-refractivity contribution in [3.05, 3.63) is 65.2 Å². The maximum absolute atomic E-state index is 9.66. The van der Waals surface area contributed by atoms with E-state index in [4.69, 9.17) is 4.74 Å². The number of fused-ring (bicyclic) bond motifs is 1. The number of hydrogen-bond acceptors (Lipinski definition) is 2. The highest BCUT2D eigenvalue weighted by Crippen LogP contribution is 2.38. The third kappa shape index (κ3) is 2.74. The van der Waals surface area contributed by atoms with Gasteiger partial charge in [0.25, 0.3) is 0 Å². The quantitative estimate of drug-likeness (QED) is 0.636. The predicted octanol–water partition coefficient (Wildman–Crippen LogP) is 5.51. The lowest BCUT2D eigenvalue weighted by atomic mass is 9.91. The van der Waals surface area contributed by atoms with Crippen molar-refractivity contribution in [3.8, 4) is 22.9 Å². The zero-order chi connectivity index (χ0) is 17.1. The fourth-order valence-electron chi connectivity index (χ4n) is 3.13. The monoisotopic (exact) mass is 315 g/mol. The number of nitrogens with zero attached hydrogens (tertiary/aromatic N) is 1. The molecule has 0 atom stereocenters. The fraction of sp³-hybridized carbons (Fsp3) is 0.227. The summed E-state index contributed by atoms with van der Waals surface area (Å²) in [6, 6.07) is 19.1. The van der Waals surface area contributed by atoms with Gasteiger partial charge >= 0.3 is 0 Å². The van der Waals surface area contributed by atoms with Gasteiger partial charge in [0.15, 0.2) is 0 Å². The average molecular weight is 315 g/mol. The molecule has 3 aromatic carbocycles. The minimum Gasteiger partial charge on any atom is -0.496 e. The third-order valence-corrected chi connectivity index (χ3v) is 4.56. The minimum absolute atomic E-state index is 0.646. The summed E-state index contributed by atoms with van der Waals surface area (Å²) in [4.78, 5) is 0.